The first-order valence-corrected chi connectivity index (χ1v) is 8.04. The van der Waals surface area contributed by atoms with Crippen LogP contribution in [0.5, 0.6) is 0 Å². The normalized spacial score (nSPS) is 10.9. The van der Waals surface area contributed by atoms with Gasteiger partial charge < -0.3 is 14.6 Å². The quantitative estimate of drug-likeness (QED) is 0.776. The number of carbonyl (C=O) groups excluding carboxylic acids is 1. The molecule has 5 nitrogen and oxygen atoms in total. The lowest BCUT2D eigenvalue weighted by Crippen LogP contribution is -2.14. The number of nitrogens with zero attached hydrogens (tertiary/aromatic N) is 2. The molecule has 0 saturated heterocycles. The summed E-state index contributed by atoms with van der Waals surface area (Å²) in [6.45, 7) is 0.822. The first-order valence-electron chi connectivity index (χ1n) is 7.16. The van der Waals surface area contributed by atoms with Gasteiger partial charge in [-0.2, -0.15) is 0 Å². The van der Waals surface area contributed by atoms with Crippen LogP contribution in [0.1, 0.15) is 16.1 Å². The summed E-state index contributed by atoms with van der Waals surface area (Å²) in [5.41, 5.74) is 2.30. The molecule has 0 bridgehead atoms. The molecule has 2 aromatic heterocycles. The van der Waals surface area contributed by atoms with Crippen molar-refractivity contribution in [3.8, 4) is 10.8 Å². The number of hydrogen-bond donors (Lipinski definition) is 1. The molecule has 0 fully saturated rings. The zero-order valence-electron chi connectivity index (χ0n) is 12.9. The molecule has 0 unspecified atom stereocenters. The zero-order chi connectivity index (χ0) is 16.2. The highest BCUT2D eigenvalue weighted by Gasteiger charge is 2.13. The average Bonchev–Trinajstić information content (AvgIpc) is 3.18. The fraction of sp³-hybridized carbons (Fsp3) is 0.176. The van der Waals surface area contributed by atoms with Crippen molar-refractivity contribution in [2.45, 2.75) is 6.54 Å². The Morgan fingerprint density at radius 2 is 2.17 bits per heavy atom. The van der Waals surface area contributed by atoms with E-state index < -0.39 is 0 Å². The number of amides is 1. The van der Waals surface area contributed by atoms with Gasteiger partial charge in [-0.15, -0.1) is 11.3 Å². The Hall–Kier alpha value is -2.44. The Balaban J connectivity index is 1.72. The van der Waals surface area contributed by atoms with Crippen LogP contribution in [-0.2, 0) is 6.54 Å². The second-order valence-electron chi connectivity index (χ2n) is 5.41. The third kappa shape index (κ3) is 3.85. The van der Waals surface area contributed by atoms with E-state index in [1.54, 1.807) is 17.7 Å². The number of aromatic nitrogens is 1. The SMILES string of the molecule is CN(C)Cc1cccc(NC(=O)c2csc(-c3ccco3)n2)c1. The Bertz CT molecular complexity index is 794. The smallest absolute Gasteiger partial charge is 0.275 e. The highest BCUT2D eigenvalue weighted by molar-refractivity contribution is 7.13. The second kappa shape index (κ2) is 6.76. The van der Waals surface area contributed by atoms with Crippen molar-refractivity contribution in [2.75, 3.05) is 19.4 Å². The Kier molecular flexibility index (Phi) is 4.55. The van der Waals surface area contributed by atoms with Crippen molar-refractivity contribution in [1.29, 1.82) is 0 Å². The predicted molar refractivity (Wildman–Crippen MR) is 91.6 cm³/mol. The van der Waals surface area contributed by atoms with Crippen LogP contribution in [0.2, 0.25) is 0 Å². The van der Waals surface area contributed by atoms with Crippen LogP contribution in [0, 0.1) is 0 Å². The molecule has 0 aliphatic rings. The summed E-state index contributed by atoms with van der Waals surface area (Å²) in [7, 11) is 4.02. The maximum atomic E-state index is 12.3. The van der Waals surface area contributed by atoms with Crippen LogP contribution in [0.25, 0.3) is 10.8 Å². The maximum Gasteiger partial charge on any atom is 0.275 e. The van der Waals surface area contributed by atoms with Crippen LogP contribution in [0.15, 0.2) is 52.5 Å². The lowest BCUT2D eigenvalue weighted by Gasteiger charge is -2.11. The number of rotatable bonds is 5. The summed E-state index contributed by atoms with van der Waals surface area (Å²) in [5.74, 6) is 0.447. The third-order valence-corrected chi connectivity index (χ3v) is 4.01. The Morgan fingerprint density at radius 1 is 1.30 bits per heavy atom. The molecule has 1 aromatic carbocycles. The Labute approximate surface area is 138 Å². The maximum absolute atomic E-state index is 12.3. The van der Waals surface area contributed by atoms with E-state index in [0.29, 0.717) is 16.5 Å². The van der Waals surface area contributed by atoms with Gasteiger partial charge in [-0.05, 0) is 43.9 Å². The van der Waals surface area contributed by atoms with E-state index in [2.05, 4.69) is 15.2 Å². The molecule has 1 amide bonds. The molecular formula is C17H17N3O2S. The third-order valence-electron chi connectivity index (χ3n) is 3.15. The van der Waals surface area contributed by atoms with E-state index in [1.165, 1.54) is 11.3 Å². The summed E-state index contributed by atoms with van der Waals surface area (Å²) in [4.78, 5) is 18.7. The molecule has 0 aliphatic heterocycles. The van der Waals surface area contributed by atoms with Gasteiger partial charge in [0, 0.05) is 17.6 Å². The summed E-state index contributed by atoms with van der Waals surface area (Å²) in [6.07, 6.45) is 1.59. The van der Waals surface area contributed by atoms with Crippen molar-refractivity contribution in [1.82, 2.24) is 9.88 Å². The molecule has 0 spiro atoms. The van der Waals surface area contributed by atoms with E-state index in [-0.39, 0.29) is 5.91 Å². The number of furan rings is 1. The van der Waals surface area contributed by atoms with Crippen molar-refractivity contribution >= 4 is 22.9 Å². The molecule has 23 heavy (non-hydrogen) atoms. The molecule has 2 heterocycles. The molecule has 3 rings (SSSR count). The van der Waals surface area contributed by atoms with Crippen LogP contribution < -0.4 is 5.32 Å². The van der Waals surface area contributed by atoms with Gasteiger partial charge in [-0.3, -0.25) is 4.79 Å². The molecule has 0 radical (unpaired) electrons. The van der Waals surface area contributed by atoms with E-state index >= 15 is 0 Å². The van der Waals surface area contributed by atoms with Gasteiger partial charge in [0.05, 0.1) is 6.26 Å². The number of benzene rings is 1. The van der Waals surface area contributed by atoms with E-state index in [4.69, 9.17) is 4.42 Å². The van der Waals surface area contributed by atoms with Gasteiger partial charge in [-0.1, -0.05) is 12.1 Å². The van der Waals surface area contributed by atoms with Crippen LogP contribution >= 0.6 is 11.3 Å². The first kappa shape index (κ1) is 15.5. The fourth-order valence-corrected chi connectivity index (χ4v) is 2.97. The molecule has 0 atom stereocenters. The van der Waals surface area contributed by atoms with Crippen LogP contribution in [0.3, 0.4) is 0 Å². The van der Waals surface area contributed by atoms with Crippen LogP contribution in [0.4, 0.5) is 5.69 Å². The molecule has 6 heteroatoms. The number of nitrogens with one attached hydrogen (secondary N) is 1. The summed E-state index contributed by atoms with van der Waals surface area (Å²) >= 11 is 1.39. The number of carbonyl (C=O) groups is 1. The highest BCUT2D eigenvalue weighted by atomic mass is 32.1. The van der Waals surface area contributed by atoms with Gasteiger partial charge >= 0.3 is 0 Å². The minimum atomic E-state index is -0.221. The van der Waals surface area contributed by atoms with Gasteiger partial charge in [0.25, 0.3) is 5.91 Å². The second-order valence-corrected chi connectivity index (χ2v) is 6.27. The molecule has 1 N–H and O–H groups in total. The summed E-state index contributed by atoms with van der Waals surface area (Å²) in [6, 6.07) is 11.4. The van der Waals surface area contributed by atoms with Gasteiger partial charge in [0.1, 0.15) is 5.69 Å². The monoisotopic (exact) mass is 327 g/mol. The number of anilines is 1. The first-order chi connectivity index (χ1) is 11.1. The summed E-state index contributed by atoms with van der Waals surface area (Å²) in [5, 5.41) is 5.32. The van der Waals surface area contributed by atoms with Gasteiger partial charge in [0.2, 0.25) is 0 Å². The minimum Gasteiger partial charge on any atom is -0.462 e. The molecule has 118 valence electrons. The van der Waals surface area contributed by atoms with E-state index in [0.717, 1.165) is 17.8 Å². The lowest BCUT2D eigenvalue weighted by atomic mass is 10.2. The van der Waals surface area contributed by atoms with E-state index in [1.807, 2.05) is 44.4 Å². The standard InChI is InChI=1S/C17H17N3O2S/c1-20(2)10-12-5-3-6-13(9-12)18-16(21)14-11-23-17(19-14)15-7-4-8-22-15/h3-9,11H,10H2,1-2H3,(H,18,21). The van der Waals surface area contributed by atoms with Crippen molar-refractivity contribution in [3.63, 3.8) is 0 Å². The minimum absolute atomic E-state index is 0.221. The van der Waals surface area contributed by atoms with Gasteiger partial charge in [0.15, 0.2) is 10.8 Å². The van der Waals surface area contributed by atoms with Crippen molar-refractivity contribution in [2.24, 2.45) is 0 Å². The topological polar surface area (TPSA) is 58.4 Å². The van der Waals surface area contributed by atoms with Gasteiger partial charge in [-0.25, -0.2) is 4.98 Å². The van der Waals surface area contributed by atoms with E-state index in [9.17, 15) is 4.79 Å². The summed E-state index contributed by atoms with van der Waals surface area (Å²) < 4.78 is 5.30. The molecular weight excluding hydrogens is 310 g/mol. The zero-order valence-corrected chi connectivity index (χ0v) is 13.8. The van der Waals surface area contributed by atoms with Crippen LogP contribution in [-0.4, -0.2) is 29.9 Å². The fourth-order valence-electron chi connectivity index (χ4n) is 2.20. The number of hydrogen-bond acceptors (Lipinski definition) is 5. The molecule has 3 aromatic rings. The predicted octanol–water partition coefficient (Wildman–Crippen LogP) is 3.72. The van der Waals surface area contributed by atoms with Crippen molar-refractivity contribution < 1.29 is 9.21 Å². The lowest BCUT2D eigenvalue weighted by molar-refractivity contribution is 0.102. The highest BCUT2D eigenvalue weighted by Crippen LogP contribution is 2.24. The largest absolute Gasteiger partial charge is 0.462 e. The Morgan fingerprint density at radius 3 is 2.91 bits per heavy atom. The molecule has 0 saturated carbocycles. The van der Waals surface area contributed by atoms with Crippen molar-refractivity contribution in [3.05, 3.63) is 59.3 Å². The number of thiazole rings is 1. The molecule has 0 aliphatic carbocycles. The average molecular weight is 327 g/mol.